The highest BCUT2D eigenvalue weighted by atomic mass is 19.3. The molecule has 7 heteroatoms. The monoisotopic (exact) mass is 413 g/mol. The molecule has 0 saturated heterocycles. The van der Waals surface area contributed by atoms with E-state index in [-0.39, 0.29) is 36.1 Å². The number of nitrogens with zero attached hydrogens (tertiary/aromatic N) is 1. The maximum Gasteiger partial charge on any atom is 0.272 e. The number of aromatic nitrogens is 2. The van der Waals surface area contributed by atoms with E-state index in [1.807, 2.05) is 31.2 Å². The molecule has 2 aliphatic rings. The number of hydrogen-bond acceptors (Lipinski definition) is 3. The van der Waals surface area contributed by atoms with E-state index in [0.717, 1.165) is 11.1 Å². The predicted octanol–water partition coefficient (Wildman–Crippen LogP) is 5.12. The summed E-state index contributed by atoms with van der Waals surface area (Å²) in [5.74, 6) is -3.40. The minimum Gasteiger partial charge on any atom is -0.380 e. The van der Waals surface area contributed by atoms with Crippen molar-refractivity contribution in [2.45, 2.75) is 50.5 Å². The zero-order valence-electron chi connectivity index (χ0n) is 16.5. The third-order valence-electron chi connectivity index (χ3n) is 6.65. The van der Waals surface area contributed by atoms with Gasteiger partial charge in [-0.05, 0) is 48.9 Å². The largest absolute Gasteiger partial charge is 0.380 e. The van der Waals surface area contributed by atoms with Crippen LogP contribution >= 0.6 is 0 Å². The molecule has 1 aliphatic carbocycles. The predicted molar refractivity (Wildman–Crippen MR) is 110 cm³/mol. The smallest absolute Gasteiger partial charge is 0.272 e. The molecule has 1 aliphatic heterocycles. The van der Waals surface area contributed by atoms with Gasteiger partial charge in [0.2, 0.25) is 5.92 Å². The Morgan fingerprint density at radius 2 is 1.87 bits per heavy atom. The number of hydrogen-bond donors (Lipinski definition) is 2. The molecule has 156 valence electrons. The van der Waals surface area contributed by atoms with Crippen molar-refractivity contribution in [3.05, 3.63) is 69.4 Å². The van der Waals surface area contributed by atoms with Crippen molar-refractivity contribution in [3.63, 3.8) is 0 Å². The zero-order chi connectivity index (χ0) is 21.0. The maximum absolute atomic E-state index is 14.3. The van der Waals surface area contributed by atoms with Crippen LogP contribution in [0.25, 0.3) is 10.8 Å². The molecule has 30 heavy (non-hydrogen) atoms. The van der Waals surface area contributed by atoms with E-state index in [4.69, 9.17) is 0 Å². The first kappa shape index (κ1) is 19.2. The number of halogens is 3. The highest BCUT2D eigenvalue weighted by molar-refractivity contribution is 5.97. The molecule has 0 spiro atoms. The quantitative estimate of drug-likeness (QED) is 0.613. The molecule has 0 amide bonds. The van der Waals surface area contributed by atoms with Crippen LogP contribution in [-0.4, -0.2) is 22.2 Å². The molecule has 2 heterocycles. The van der Waals surface area contributed by atoms with Gasteiger partial charge in [0.15, 0.2) is 0 Å². The average molecular weight is 413 g/mol. The van der Waals surface area contributed by atoms with Crippen LogP contribution in [-0.2, 0) is 0 Å². The fourth-order valence-corrected chi connectivity index (χ4v) is 5.15. The highest BCUT2D eigenvalue weighted by Gasteiger charge is 2.43. The standard InChI is InChI=1S/C23H22F3N3O/c1-12-4-2-3-5-15(12)19-20(13-6-8-23(25,26)9-7-13)27-17-11-14(24)10-16-18(17)21(19)28-29-22(16)30/h2-5,10-11,13,19-20,27H,6-9H2,1H3,(H,29,30)/t19-,20-/m0/s1. The summed E-state index contributed by atoms with van der Waals surface area (Å²) < 4.78 is 41.9. The number of benzene rings is 2. The van der Waals surface area contributed by atoms with E-state index in [1.54, 1.807) is 0 Å². The number of H-pyrrole nitrogens is 1. The van der Waals surface area contributed by atoms with Crippen molar-refractivity contribution >= 4 is 16.5 Å². The van der Waals surface area contributed by atoms with Crippen LogP contribution in [0.5, 0.6) is 0 Å². The second kappa shape index (κ2) is 6.86. The highest BCUT2D eigenvalue weighted by Crippen LogP contribution is 2.47. The molecule has 5 rings (SSSR count). The van der Waals surface area contributed by atoms with Gasteiger partial charge in [0.05, 0.1) is 11.1 Å². The molecule has 1 fully saturated rings. The Bertz CT molecular complexity index is 1180. The van der Waals surface area contributed by atoms with E-state index in [0.29, 0.717) is 29.6 Å². The van der Waals surface area contributed by atoms with Crippen molar-refractivity contribution in [3.8, 4) is 0 Å². The van der Waals surface area contributed by atoms with Gasteiger partial charge >= 0.3 is 0 Å². The fourth-order valence-electron chi connectivity index (χ4n) is 5.15. The summed E-state index contributed by atoms with van der Waals surface area (Å²) in [5, 5.41) is 11.2. The van der Waals surface area contributed by atoms with Gasteiger partial charge in [0, 0.05) is 35.9 Å². The van der Waals surface area contributed by atoms with Crippen molar-refractivity contribution in [2.75, 3.05) is 5.32 Å². The summed E-state index contributed by atoms with van der Waals surface area (Å²) in [6, 6.07) is 10.3. The molecule has 2 N–H and O–H groups in total. The number of rotatable bonds is 2. The van der Waals surface area contributed by atoms with E-state index in [1.165, 1.54) is 12.1 Å². The van der Waals surface area contributed by atoms with E-state index in [9.17, 15) is 18.0 Å². The van der Waals surface area contributed by atoms with Gasteiger partial charge < -0.3 is 5.32 Å². The van der Waals surface area contributed by atoms with Crippen LogP contribution in [0.1, 0.15) is 48.4 Å². The van der Waals surface area contributed by atoms with Crippen LogP contribution in [0.3, 0.4) is 0 Å². The molecule has 2 atom stereocenters. The van der Waals surface area contributed by atoms with E-state index < -0.39 is 17.3 Å². The fraction of sp³-hybridized carbons (Fsp3) is 0.391. The third-order valence-corrected chi connectivity index (χ3v) is 6.65. The number of aromatic amines is 1. The Kier molecular flexibility index (Phi) is 4.38. The number of aryl methyl sites for hydroxylation is 1. The first-order chi connectivity index (χ1) is 14.3. The second-order valence-corrected chi connectivity index (χ2v) is 8.51. The average Bonchev–Trinajstić information content (AvgIpc) is 2.70. The van der Waals surface area contributed by atoms with Gasteiger partial charge in [-0.2, -0.15) is 5.10 Å². The van der Waals surface area contributed by atoms with Crippen LogP contribution in [0.2, 0.25) is 0 Å². The zero-order valence-corrected chi connectivity index (χ0v) is 16.5. The molecule has 0 radical (unpaired) electrons. The lowest BCUT2D eigenvalue weighted by Gasteiger charge is -2.42. The Hall–Kier alpha value is -2.83. The van der Waals surface area contributed by atoms with Gasteiger partial charge in [0.1, 0.15) is 5.82 Å². The molecule has 2 aromatic carbocycles. The SMILES string of the molecule is Cc1ccccc1[C@@H]1c2n[nH]c(=O)c3cc(F)cc(c23)N[C@H]1C1CCC(F)(F)CC1. The summed E-state index contributed by atoms with van der Waals surface area (Å²) >= 11 is 0. The lowest BCUT2D eigenvalue weighted by Crippen LogP contribution is -2.42. The molecular weight excluding hydrogens is 391 g/mol. The Morgan fingerprint density at radius 1 is 1.13 bits per heavy atom. The Labute approximate surface area is 171 Å². The van der Waals surface area contributed by atoms with Crippen LogP contribution in [0, 0.1) is 18.7 Å². The minimum absolute atomic E-state index is 0.0190. The number of nitrogens with one attached hydrogen (secondary N) is 2. The van der Waals surface area contributed by atoms with Gasteiger partial charge in [0.25, 0.3) is 5.56 Å². The second-order valence-electron chi connectivity index (χ2n) is 8.51. The van der Waals surface area contributed by atoms with Crippen LogP contribution < -0.4 is 10.9 Å². The van der Waals surface area contributed by atoms with Crippen molar-refractivity contribution in [2.24, 2.45) is 5.92 Å². The Balaban J connectivity index is 1.71. The van der Waals surface area contributed by atoms with E-state index >= 15 is 0 Å². The summed E-state index contributed by atoms with van der Waals surface area (Å²) in [5.41, 5.74) is 2.81. The molecule has 0 bridgehead atoms. The lowest BCUT2D eigenvalue weighted by molar-refractivity contribution is -0.0480. The topological polar surface area (TPSA) is 57.8 Å². The lowest BCUT2D eigenvalue weighted by atomic mass is 9.71. The van der Waals surface area contributed by atoms with Gasteiger partial charge in [-0.25, -0.2) is 18.3 Å². The molecule has 0 unspecified atom stereocenters. The molecule has 3 aromatic rings. The molecular formula is C23H22F3N3O. The number of anilines is 1. The number of alkyl halides is 2. The summed E-state index contributed by atoms with van der Waals surface area (Å²) in [7, 11) is 0. The third kappa shape index (κ3) is 3.07. The van der Waals surface area contributed by atoms with Gasteiger partial charge in [-0.1, -0.05) is 24.3 Å². The van der Waals surface area contributed by atoms with Crippen LogP contribution in [0.4, 0.5) is 18.9 Å². The summed E-state index contributed by atoms with van der Waals surface area (Å²) in [6.07, 6.45) is 0.454. The van der Waals surface area contributed by atoms with Crippen molar-refractivity contribution < 1.29 is 13.2 Å². The van der Waals surface area contributed by atoms with Crippen molar-refractivity contribution in [1.82, 2.24) is 10.2 Å². The molecule has 1 saturated carbocycles. The summed E-state index contributed by atoms with van der Waals surface area (Å²) in [4.78, 5) is 12.3. The first-order valence-electron chi connectivity index (χ1n) is 10.3. The normalized spacial score (nSPS) is 23.3. The first-order valence-corrected chi connectivity index (χ1v) is 10.3. The minimum atomic E-state index is -2.63. The molecule has 1 aromatic heterocycles. The van der Waals surface area contributed by atoms with Gasteiger partial charge in [-0.3, -0.25) is 4.79 Å². The van der Waals surface area contributed by atoms with Gasteiger partial charge in [-0.15, -0.1) is 0 Å². The summed E-state index contributed by atoms with van der Waals surface area (Å²) in [6.45, 7) is 2.00. The van der Waals surface area contributed by atoms with Crippen molar-refractivity contribution in [1.29, 1.82) is 0 Å². The van der Waals surface area contributed by atoms with E-state index in [2.05, 4.69) is 15.5 Å². The van der Waals surface area contributed by atoms with Crippen LogP contribution in [0.15, 0.2) is 41.2 Å². The molecule has 4 nitrogen and oxygen atoms in total. The maximum atomic E-state index is 14.3. The Morgan fingerprint density at radius 3 is 2.60 bits per heavy atom.